The van der Waals surface area contributed by atoms with E-state index in [4.69, 9.17) is 0 Å². The molecule has 5 rings (SSSR count). The largest absolute Gasteiger partial charge is 0.358 e. The van der Waals surface area contributed by atoms with Gasteiger partial charge in [0.25, 0.3) is 5.56 Å². The van der Waals surface area contributed by atoms with Gasteiger partial charge in [0.05, 0.1) is 23.6 Å². The number of aromatic amines is 1. The van der Waals surface area contributed by atoms with Crippen LogP contribution in [-0.4, -0.2) is 29.5 Å². The SMILES string of the molecule is CC(Nc1ncnc2nc[nH]c12)c1nc2cccc(F)c2c(=O)n1-c1ccccc1. The summed E-state index contributed by atoms with van der Waals surface area (Å²) in [6.07, 6.45) is 2.94. The van der Waals surface area contributed by atoms with Gasteiger partial charge < -0.3 is 10.3 Å². The lowest BCUT2D eigenvalue weighted by Crippen LogP contribution is -2.28. The number of hydrogen-bond donors (Lipinski definition) is 2. The molecule has 2 N–H and O–H groups in total. The highest BCUT2D eigenvalue weighted by molar-refractivity contribution is 5.82. The molecule has 0 bridgehead atoms. The molecule has 0 fully saturated rings. The van der Waals surface area contributed by atoms with Crippen LogP contribution in [0.25, 0.3) is 27.8 Å². The van der Waals surface area contributed by atoms with E-state index in [-0.39, 0.29) is 5.39 Å². The number of para-hydroxylation sites is 1. The average Bonchev–Trinajstić information content (AvgIpc) is 3.24. The Kier molecular flexibility index (Phi) is 4.20. The fourth-order valence-electron chi connectivity index (χ4n) is 3.47. The van der Waals surface area contributed by atoms with Crippen LogP contribution in [0.1, 0.15) is 18.8 Å². The predicted octanol–water partition coefficient (Wildman–Crippen LogP) is 3.36. The van der Waals surface area contributed by atoms with Crippen LogP contribution >= 0.6 is 0 Å². The number of rotatable bonds is 4. The molecule has 1 unspecified atom stereocenters. The molecule has 0 aliphatic heterocycles. The summed E-state index contributed by atoms with van der Waals surface area (Å²) in [5.74, 6) is 0.352. The number of aromatic nitrogens is 6. The molecule has 0 aliphatic rings. The van der Waals surface area contributed by atoms with E-state index in [1.54, 1.807) is 18.2 Å². The van der Waals surface area contributed by atoms with Crippen molar-refractivity contribution in [3.63, 3.8) is 0 Å². The van der Waals surface area contributed by atoms with Crippen molar-refractivity contribution in [2.24, 2.45) is 0 Å². The van der Waals surface area contributed by atoms with Gasteiger partial charge in [-0.05, 0) is 31.2 Å². The minimum Gasteiger partial charge on any atom is -0.358 e. The number of fused-ring (bicyclic) bond motifs is 2. The minimum absolute atomic E-state index is 0.0460. The Bertz CT molecular complexity index is 1430. The maximum absolute atomic E-state index is 14.5. The average molecular weight is 401 g/mol. The molecule has 0 spiro atoms. The number of H-pyrrole nitrogens is 1. The van der Waals surface area contributed by atoms with E-state index in [1.165, 1.54) is 29.4 Å². The van der Waals surface area contributed by atoms with Crippen molar-refractivity contribution in [1.82, 2.24) is 29.5 Å². The number of imidazole rings is 1. The van der Waals surface area contributed by atoms with Crippen molar-refractivity contribution in [3.05, 3.63) is 83.2 Å². The highest BCUT2D eigenvalue weighted by Crippen LogP contribution is 2.24. The second-order valence-corrected chi connectivity index (χ2v) is 6.77. The lowest BCUT2D eigenvalue weighted by Gasteiger charge is -2.20. The van der Waals surface area contributed by atoms with Crippen molar-refractivity contribution >= 4 is 27.9 Å². The Morgan fingerprint density at radius 3 is 2.73 bits per heavy atom. The van der Waals surface area contributed by atoms with Gasteiger partial charge in [-0.2, -0.15) is 0 Å². The van der Waals surface area contributed by atoms with Crippen LogP contribution in [-0.2, 0) is 0 Å². The second-order valence-electron chi connectivity index (χ2n) is 6.77. The molecule has 0 radical (unpaired) electrons. The third-order valence-electron chi connectivity index (χ3n) is 4.85. The third kappa shape index (κ3) is 2.87. The van der Waals surface area contributed by atoms with E-state index in [0.29, 0.717) is 34.0 Å². The topological polar surface area (TPSA) is 101 Å². The fourth-order valence-corrected chi connectivity index (χ4v) is 3.47. The first-order chi connectivity index (χ1) is 14.6. The van der Waals surface area contributed by atoms with Crippen LogP contribution in [0, 0.1) is 5.82 Å². The zero-order valence-corrected chi connectivity index (χ0v) is 15.9. The Labute approximate surface area is 169 Å². The number of halogens is 1. The van der Waals surface area contributed by atoms with E-state index in [1.807, 2.05) is 25.1 Å². The molecule has 0 amide bonds. The molecule has 0 aliphatic carbocycles. The van der Waals surface area contributed by atoms with Gasteiger partial charge >= 0.3 is 0 Å². The zero-order chi connectivity index (χ0) is 20.7. The minimum atomic E-state index is -0.600. The summed E-state index contributed by atoms with van der Waals surface area (Å²) in [6, 6.07) is 13.0. The number of nitrogens with one attached hydrogen (secondary N) is 2. The van der Waals surface area contributed by atoms with Gasteiger partial charge in [-0.15, -0.1) is 0 Å². The Morgan fingerprint density at radius 1 is 1.07 bits per heavy atom. The molecule has 0 saturated carbocycles. The van der Waals surface area contributed by atoms with E-state index in [9.17, 15) is 9.18 Å². The first-order valence-electron chi connectivity index (χ1n) is 9.30. The number of anilines is 1. The van der Waals surface area contributed by atoms with Crippen molar-refractivity contribution < 1.29 is 4.39 Å². The summed E-state index contributed by atoms with van der Waals surface area (Å²) in [5, 5.41) is 3.22. The summed E-state index contributed by atoms with van der Waals surface area (Å²) >= 11 is 0. The lowest BCUT2D eigenvalue weighted by atomic mass is 10.2. The molecule has 3 aromatic heterocycles. The Hall–Kier alpha value is -4.14. The molecule has 30 heavy (non-hydrogen) atoms. The Balaban J connectivity index is 1.71. The van der Waals surface area contributed by atoms with Gasteiger partial charge in [-0.3, -0.25) is 9.36 Å². The first kappa shape index (κ1) is 17.9. The smallest absolute Gasteiger partial charge is 0.269 e. The maximum atomic E-state index is 14.5. The monoisotopic (exact) mass is 401 g/mol. The van der Waals surface area contributed by atoms with Crippen LogP contribution in [0.5, 0.6) is 0 Å². The van der Waals surface area contributed by atoms with Crippen molar-refractivity contribution in [1.29, 1.82) is 0 Å². The van der Waals surface area contributed by atoms with Gasteiger partial charge in [-0.25, -0.2) is 24.3 Å². The highest BCUT2D eigenvalue weighted by Gasteiger charge is 2.21. The summed E-state index contributed by atoms with van der Waals surface area (Å²) in [5.41, 5.74) is 1.59. The zero-order valence-electron chi connectivity index (χ0n) is 15.9. The van der Waals surface area contributed by atoms with Crippen LogP contribution in [0.4, 0.5) is 10.2 Å². The number of hydrogen-bond acceptors (Lipinski definition) is 6. The quantitative estimate of drug-likeness (QED) is 0.479. The van der Waals surface area contributed by atoms with Crippen LogP contribution in [0.3, 0.4) is 0 Å². The maximum Gasteiger partial charge on any atom is 0.269 e. The molecule has 2 aromatic carbocycles. The van der Waals surface area contributed by atoms with Gasteiger partial charge in [0.1, 0.15) is 28.9 Å². The fraction of sp³-hybridized carbons (Fsp3) is 0.0952. The van der Waals surface area contributed by atoms with Gasteiger partial charge in [0, 0.05) is 0 Å². The summed E-state index contributed by atoms with van der Waals surface area (Å²) in [6.45, 7) is 1.86. The lowest BCUT2D eigenvalue weighted by molar-refractivity contribution is 0.635. The summed E-state index contributed by atoms with van der Waals surface area (Å²) in [7, 11) is 0. The van der Waals surface area contributed by atoms with E-state index >= 15 is 0 Å². The molecular weight excluding hydrogens is 385 g/mol. The first-order valence-corrected chi connectivity index (χ1v) is 9.30. The van der Waals surface area contributed by atoms with Crippen molar-refractivity contribution in [3.8, 4) is 5.69 Å². The molecule has 8 nitrogen and oxygen atoms in total. The number of benzene rings is 2. The van der Waals surface area contributed by atoms with Crippen molar-refractivity contribution in [2.45, 2.75) is 13.0 Å². The van der Waals surface area contributed by atoms with Crippen LogP contribution in [0.2, 0.25) is 0 Å². The van der Waals surface area contributed by atoms with E-state index in [2.05, 4.69) is 30.2 Å². The van der Waals surface area contributed by atoms with E-state index < -0.39 is 17.4 Å². The van der Waals surface area contributed by atoms with Gasteiger partial charge in [0.15, 0.2) is 11.5 Å². The molecule has 5 aromatic rings. The predicted molar refractivity (Wildman–Crippen MR) is 111 cm³/mol. The molecule has 9 heteroatoms. The van der Waals surface area contributed by atoms with Crippen LogP contribution in [0.15, 0.2) is 66.0 Å². The van der Waals surface area contributed by atoms with E-state index in [0.717, 1.165) is 0 Å². The highest BCUT2D eigenvalue weighted by atomic mass is 19.1. The summed E-state index contributed by atoms with van der Waals surface area (Å²) < 4.78 is 15.9. The standard InChI is InChI=1S/C21H16FN7O/c1-12(27-19-17-18(24-10-23-17)25-11-26-19)20-28-15-9-5-8-14(22)16(15)21(30)29(20)13-6-3-2-4-7-13/h2-12H,1H3,(H2,23,24,25,26,27). The normalized spacial score (nSPS) is 12.3. The molecule has 148 valence electrons. The molecule has 1 atom stereocenters. The van der Waals surface area contributed by atoms with Crippen LogP contribution < -0.4 is 10.9 Å². The molecular formula is C21H16FN7O. The number of nitrogens with zero attached hydrogens (tertiary/aromatic N) is 5. The molecule has 3 heterocycles. The Morgan fingerprint density at radius 2 is 1.90 bits per heavy atom. The van der Waals surface area contributed by atoms with Gasteiger partial charge in [0.2, 0.25) is 0 Å². The van der Waals surface area contributed by atoms with Crippen molar-refractivity contribution in [2.75, 3.05) is 5.32 Å². The third-order valence-corrected chi connectivity index (χ3v) is 4.85. The summed E-state index contributed by atoms with van der Waals surface area (Å²) in [4.78, 5) is 33.5. The van der Waals surface area contributed by atoms with Gasteiger partial charge in [-0.1, -0.05) is 24.3 Å². The second kappa shape index (κ2) is 7.03. The molecule has 0 saturated heterocycles.